The summed E-state index contributed by atoms with van der Waals surface area (Å²) in [5, 5.41) is 0. The van der Waals surface area contributed by atoms with E-state index in [-0.39, 0.29) is 17.0 Å². The van der Waals surface area contributed by atoms with Gasteiger partial charge in [-0.2, -0.15) is 0 Å². The molecule has 3 aromatic rings. The predicted octanol–water partition coefficient (Wildman–Crippen LogP) is 12.3. The molecule has 0 nitrogen and oxygen atoms in total. The van der Waals surface area contributed by atoms with Gasteiger partial charge in [0.1, 0.15) is 0 Å². The zero-order chi connectivity index (χ0) is 29.2. The maximum Gasteiger partial charge on any atom is 0.166 e. The Morgan fingerprint density at radius 1 is 0.537 bits per heavy atom. The first-order valence-electron chi connectivity index (χ1n) is 16.0. The second kappa shape index (κ2) is 15.6. The molecular weight excluding hydrogens is 520 g/mol. The number of benzene rings is 3. The summed E-state index contributed by atoms with van der Waals surface area (Å²) in [6.07, 6.45) is 16.0. The number of unbranched alkanes of at least 4 members (excludes halogenated alkanes) is 7. The Morgan fingerprint density at radius 3 is 1.71 bits per heavy atom. The molecule has 0 amide bonds. The normalized spacial score (nSPS) is 17.2. The van der Waals surface area contributed by atoms with E-state index in [1.807, 2.05) is 0 Å². The molecule has 0 saturated heterocycles. The van der Waals surface area contributed by atoms with Gasteiger partial charge in [0.2, 0.25) is 0 Å². The van der Waals surface area contributed by atoms with Crippen LogP contribution in [0, 0.1) is 29.2 Å². The van der Waals surface area contributed by atoms with E-state index in [0.29, 0.717) is 34.6 Å². The van der Waals surface area contributed by atoms with Gasteiger partial charge in [-0.05, 0) is 72.6 Å². The molecule has 1 aliphatic carbocycles. The van der Waals surface area contributed by atoms with Crippen molar-refractivity contribution in [2.24, 2.45) is 5.92 Å². The number of aryl methyl sites for hydroxylation is 1. The van der Waals surface area contributed by atoms with E-state index in [1.54, 1.807) is 48.5 Å². The Hall–Kier alpha value is -2.62. The van der Waals surface area contributed by atoms with Gasteiger partial charge in [-0.3, -0.25) is 0 Å². The molecule has 0 spiro atoms. The molecule has 0 atom stereocenters. The van der Waals surface area contributed by atoms with Gasteiger partial charge in [-0.15, -0.1) is 0 Å². The van der Waals surface area contributed by atoms with Gasteiger partial charge >= 0.3 is 0 Å². The molecule has 0 heterocycles. The van der Waals surface area contributed by atoms with Gasteiger partial charge in [0.05, 0.1) is 0 Å². The lowest BCUT2D eigenvalue weighted by molar-refractivity contribution is 0.298. The monoisotopic (exact) mass is 566 g/mol. The van der Waals surface area contributed by atoms with Crippen LogP contribution in [-0.4, -0.2) is 0 Å². The van der Waals surface area contributed by atoms with Crippen LogP contribution in [0.1, 0.15) is 121 Å². The Kier molecular flexibility index (Phi) is 11.9. The highest BCUT2D eigenvalue weighted by molar-refractivity contribution is 5.71. The molecule has 4 rings (SSSR count). The van der Waals surface area contributed by atoms with Crippen molar-refractivity contribution < 1.29 is 17.6 Å². The summed E-state index contributed by atoms with van der Waals surface area (Å²) in [6, 6.07) is 13.3. The fraction of sp³-hybridized carbons (Fsp3) is 0.514. The Labute approximate surface area is 244 Å². The number of hydrogen-bond donors (Lipinski definition) is 0. The first kappa shape index (κ1) is 31.3. The van der Waals surface area contributed by atoms with Crippen molar-refractivity contribution in [3.05, 3.63) is 82.9 Å². The van der Waals surface area contributed by atoms with Crippen LogP contribution in [0.3, 0.4) is 0 Å². The summed E-state index contributed by atoms with van der Waals surface area (Å²) >= 11 is 0. The van der Waals surface area contributed by atoms with Crippen molar-refractivity contribution in [2.75, 3.05) is 0 Å². The maximum absolute atomic E-state index is 15.3. The highest BCUT2D eigenvalue weighted by atomic mass is 19.2. The Bertz CT molecular complexity index is 1240. The van der Waals surface area contributed by atoms with Crippen LogP contribution >= 0.6 is 0 Å². The van der Waals surface area contributed by atoms with Crippen LogP contribution in [0.4, 0.5) is 17.6 Å². The fourth-order valence-corrected chi connectivity index (χ4v) is 6.48. The van der Waals surface area contributed by atoms with Crippen molar-refractivity contribution in [1.29, 1.82) is 0 Å². The van der Waals surface area contributed by atoms with E-state index in [1.165, 1.54) is 44.9 Å². The molecule has 41 heavy (non-hydrogen) atoms. The van der Waals surface area contributed by atoms with Gasteiger partial charge in [0.15, 0.2) is 23.3 Å². The topological polar surface area (TPSA) is 0 Å². The van der Waals surface area contributed by atoms with Crippen LogP contribution < -0.4 is 0 Å². The molecule has 0 bridgehead atoms. The first-order valence-corrected chi connectivity index (χ1v) is 16.0. The van der Waals surface area contributed by atoms with E-state index in [4.69, 9.17) is 0 Å². The zero-order valence-electron chi connectivity index (χ0n) is 24.9. The minimum absolute atomic E-state index is 0.0604. The smallest absolute Gasteiger partial charge is 0.166 e. The highest BCUT2D eigenvalue weighted by Gasteiger charge is 2.26. The van der Waals surface area contributed by atoms with E-state index < -0.39 is 23.3 Å². The van der Waals surface area contributed by atoms with E-state index in [0.717, 1.165) is 44.9 Å². The highest BCUT2D eigenvalue weighted by Crippen LogP contribution is 2.40. The summed E-state index contributed by atoms with van der Waals surface area (Å²) in [5.74, 6) is -2.48. The van der Waals surface area contributed by atoms with Crippen LogP contribution in [0.2, 0.25) is 0 Å². The Morgan fingerprint density at radius 2 is 1.07 bits per heavy atom. The third kappa shape index (κ3) is 8.02. The minimum Gasteiger partial charge on any atom is -0.203 e. The second-order valence-corrected chi connectivity index (χ2v) is 12.0. The molecule has 0 aromatic heterocycles. The molecule has 0 radical (unpaired) electrons. The fourth-order valence-electron chi connectivity index (χ4n) is 6.48. The third-order valence-electron chi connectivity index (χ3n) is 9.08. The average Bonchev–Trinajstić information content (AvgIpc) is 2.99. The third-order valence-corrected chi connectivity index (χ3v) is 9.08. The standard InChI is InChI=1S/C37H46F4/c1-3-5-7-8-9-11-13-30-22-23-31(35(39)34(30)38)28-18-20-29(21-19-28)33-25-24-32(36(40)37(33)41)27-16-14-26(15-17-27)12-10-6-4-2/h18-27H,3-17H2,1-2H3. The quantitative estimate of drug-likeness (QED) is 0.134. The van der Waals surface area contributed by atoms with Gasteiger partial charge in [0.25, 0.3) is 0 Å². The van der Waals surface area contributed by atoms with Crippen LogP contribution in [-0.2, 0) is 6.42 Å². The zero-order valence-corrected chi connectivity index (χ0v) is 24.9. The summed E-state index contributed by atoms with van der Waals surface area (Å²) in [5.41, 5.74) is 2.26. The SMILES string of the molecule is CCCCCCCCc1ccc(-c2ccc(-c3ccc(C4CCC(CCCCC)CC4)c(F)c3F)cc2)c(F)c1F. The first-order chi connectivity index (χ1) is 19.9. The number of rotatable bonds is 14. The molecule has 222 valence electrons. The largest absolute Gasteiger partial charge is 0.203 e. The van der Waals surface area contributed by atoms with E-state index >= 15 is 13.2 Å². The summed E-state index contributed by atoms with van der Waals surface area (Å²) < 4.78 is 60.4. The molecule has 4 heteroatoms. The number of hydrogen-bond acceptors (Lipinski definition) is 0. The lowest BCUT2D eigenvalue weighted by Crippen LogP contribution is -2.15. The molecule has 1 fully saturated rings. The average molecular weight is 567 g/mol. The van der Waals surface area contributed by atoms with Gasteiger partial charge in [-0.25, -0.2) is 17.6 Å². The molecule has 0 unspecified atom stereocenters. The van der Waals surface area contributed by atoms with Gasteiger partial charge in [0, 0.05) is 11.1 Å². The van der Waals surface area contributed by atoms with Crippen LogP contribution in [0.5, 0.6) is 0 Å². The molecule has 1 aliphatic rings. The lowest BCUT2D eigenvalue weighted by Gasteiger charge is -2.29. The molecule has 1 saturated carbocycles. The molecule has 0 N–H and O–H groups in total. The van der Waals surface area contributed by atoms with Crippen LogP contribution in [0.25, 0.3) is 22.3 Å². The summed E-state index contributed by atoms with van der Waals surface area (Å²) in [4.78, 5) is 0. The van der Waals surface area contributed by atoms with E-state index in [2.05, 4.69) is 13.8 Å². The van der Waals surface area contributed by atoms with Crippen LogP contribution in [0.15, 0.2) is 48.5 Å². The Balaban J connectivity index is 1.41. The van der Waals surface area contributed by atoms with E-state index in [9.17, 15) is 4.39 Å². The minimum atomic E-state index is -0.858. The maximum atomic E-state index is 15.3. The predicted molar refractivity (Wildman–Crippen MR) is 163 cm³/mol. The van der Waals surface area contributed by atoms with Crippen molar-refractivity contribution in [3.63, 3.8) is 0 Å². The summed E-state index contributed by atoms with van der Waals surface area (Å²) in [6.45, 7) is 4.38. The molecule has 3 aromatic carbocycles. The van der Waals surface area contributed by atoms with Crippen molar-refractivity contribution in [2.45, 2.75) is 116 Å². The van der Waals surface area contributed by atoms with Crippen molar-refractivity contribution in [3.8, 4) is 22.3 Å². The summed E-state index contributed by atoms with van der Waals surface area (Å²) in [7, 11) is 0. The number of halogens is 4. The van der Waals surface area contributed by atoms with Crippen molar-refractivity contribution >= 4 is 0 Å². The van der Waals surface area contributed by atoms with Crippen molar-refractivity contribution in [1.82, 2.24) is 0 Å². The molecule has 0 aliphatic heterocycles. The lowest BCUT2D eigenvalue weighted by atomic mass is 9.76. The van der Waals surface area contributed by atoms with Gasteiger partial charge < -0.3 is 0 Å². The molecular formula is C37H46F4. The van der Waals surface area contributed by atoms with Gasteiger partial charge in [-0.1, -0.05) is 120 Å². The second-order valence-electron chi connectivity index (χ2n) is 12.0.